The van der Waals surface area contributed by atoms with Crippen LogP contribution in [0.25, 0.3) is 11.3 Å². The minimum atomic E-state index is -5.01. The Balaban J connectivity index is 1.53. The first kappa shape index (κ1) is 29.2. The number of alkyl halides is 3. The van der Waals surface area contributed by atoms with Gasteiger partial charge < -0.3 is 15.2 Å². The Morgan fingerprint density at radius 2 is 1.82 bits per heavy atom. The van der Waals surface area contributed by atoms with E-state index in [1.165, 1.54) is 12.3 Å². The molecule has 0 fully saturated rings. The van der Waals surface area contributed by atoms with E-state index in [4.69, 9.17) is 26.8 Å². The first-order valence-corrected chi connectivity index (χ1v) is 13.1. The monoisotopic (exact) mass is 576 g/mol. The van der Waals surface area contributed by atoms with Gasteiger partial charge in [-0.1, -0.05) is 10.7 Å². The molecule has 0 aliphatic carbocycles. The summed E-state index contributed by atoms with van der Waals surface area (Å²) in [4.78, 5) is 18.5. The lowest BCUT2D eigenvalue weighted by atomic mass is 10.1. The van der Waals surface area contributed by atoms with Gasteiger partial charge in [0.15, 0.2) is 5.82 Å². The van der Waals surface area contributed by atoms with Gasteiger partial charge in [0, 0.05) is 29.1 Å². The van der Waals surface area contributed by atoms with Crippen LogP contribution >= 0.6 is 11.6 Å². The van der Waals surface area contributed by atoms with E-state index in [2.05, 4.69) is 14.3 Å². The third kappa shape index (κ3) is 8.62. The molecule has 1 heterocycles. The summed E-state index contributed by atoms with van der Waals surface area (Å²) in [6, 6.07) is 8.35. The van der Waals surface area contributed by atoms with Crippen LogP contribution < -0.4 is 15.2 Å². The van der Waals surface area contributed by atoms with Crippen molar-refractivity contribution in [3.8, 4) is 22.8 Å². The number of hydrogen-bond acceptors (Lipinski definition) is 6. The number of nitrogen functional groups attached to an aromatic ring is 1. The van der Waals surface area contributed by atoms with Crippen molar-refractivity contribution in [2.75, 3.05) is 25.2 Å². The molecule has 3 rings (SSSR count). The predicted molar refractivity (Wildman–Crippen MR) is 134 cm³/mol. The van der Waals surface area contributed by atoms with Crippen molar-refractivity contribution in [2.45, 2.75) is 24.8 Å². The van der Waals surface area contributed by atoms with Gasteiger partial charge >= 0.3 is 12.1 Å². The van der Waals surface area contributed by atoms with Crippen molar-refractivity contribution in [3.63, 3.8) is 0 Å². The molecule has 1 unspecified atom stereocenters. The van der Waals surface area contributed by atoms with Crippen molar-refractivity contribution < 1.29 is 36.2 Å². The summed E-state index contributed by atoms with van der Waals surface area (Å²) in [5.74, 6) is -2.85. The molecule has 0 saturated carbocycles. The number of carbonyl (C=O) groups excluding carboxylic acids is 1. The highest BCUT2D eigenvalue weighted by atomic mass is 35.5. The van der Waals surface area contributed by atoms with E-state index in [0.717, 1.165) is 18.3 Å². The number of anilines is 1. The minimum Gasteiger partial charge on any atom is -0.494 e. The molecular formula is C24H22ClF5N4O3S. The Morgan fingerprint density at radius 3 is 2.53 bits per heavy atom. The number of nitrogens with zero attached hydrogens (tertiary/aromatic N) is 3. The van der Waals surface area contributed by atoms with Gasteiger partial charge in [-0.05, 0) is 60.5 Å². The van der Waals surface area contributed by atoms with Crippen LogP contribution in [0.4, 0.5) is 27.6 Å². The van der Waals surface area contributed by atoms with E-state index in [9.17, 15) is 26.7 Å². The van der Waals surface area contributed by atoms with Gasteiger partial charge in [0.05, 0.1) is 19.4 Å². The average Bonchev–Trinajstić information content (AvgIpc) is 2.82. The number of halogens is 6. The summed E-state index contributed by atoms with van der Waals surface area (Å²) >= 11 is 5.76. The second-order valence-corrected chi connectivity index (χ2v) is 9.94. The Kier molecular flexibility index (Phi) is 9.97. The van der Waals surface area contributed by atoms with Crippen LogP contribution in [0.15, 0.2) is 47.0 Å². The van der Waals surface area contributed by atoms with Crippen molar-refractivity contribution in [2.24, 2.45) is 4.36 Å². The van der Waals surface area contributed by atoms with E-state index in [0.29, 0.717) is 29.8 Å². The molecule has 0 radical (unpaired) electrons. The van der Waals surface area contributed by atoms with Crippen LogP contribution in [0.1, 0.15) is 18.4 Å². The SMILES string of the molecule is CS(Cc1cc(N)cc(OCCCCOc2cc(F)ccc2-c2nc(Cl)ncc2F)c1)=NC(=O)C(F)(F)F. The molecule has 38 heavy (non-hydrogen) atoms. The minimum absolute atomic E-state index is 0.0874. The first-order chi connectivity index (χ1) is 17.9. The number of nitrogens with two attached hydrogens (primary N) is 1. The highest BCUT2D eigenvalue weighted by Crippen LogP contribution is 2.32. The van der Waals surface area contributed by atoms with Gasteiger partial charge in [-0.25, -0.2) is 18.7 Å². The molecule has 2 N–H and O–H groups in total. The van der Waals surface area contributed by atoms with Gasteiger partial charge in [0.1, 0.15) is 23.0 Å². The topological polar surface area (TPSA) is 99.7 Å². The Morgan fingerprint density at radius 1 is 1.11 bits per heavy atom. The second-order valence-electron chi connectivity index (χ2n) is 7.93. The third-order valence-electron chi connectivity index (χ3n) is 4.82. The molecule has 0 aliphatic heterocycles. The molecule has 14 heteroatoms. The van der Waals surface area contributed by atoms with Gasteiger partial charge in [-0.2, -0.15) is 17.5 Å². The summed E-state index contributed by atoms with van der Waals surface area (Å²) in [7, 11) is -1.20. The Hall–Kier alpha value is -3.32. The number of hydrogen-bond donors (Lipinski definition) is 1. The zero-order valence-corrected chi connectivity index (χ0v) is 21.5. The van der Waals surface area contributed by atoms with E-state index in [1.54, 1.807) is 18.2 Å². The average molecular weight is 577 g/mol. The summed E-state index contributed by atoms with van der Waals surface area (Å²) < 4.78 is 79.7. The van der Waals surface area contributed by atoms with Crippen LogP contribution in [0.3, 0.4) is 0 Å². The fourth-order valence-corrected chi connectivity index (χ4v) is 4.48. The Bertz CT molecular complexity index is 1340. The molecule has 204 valence electrons. The molecular weight excluding hydrogens is 555 g/mol. The lowest BCUT2D eigenvalue weighted by molar-refractivity contribution is -0.169. The highest BCUT2D eigenvalue weighted by Gasteiger charge is 2.38. The molecule has 1 amide bonds. The second kappa shape index (κ2) is 13.0. The van der Waals surface area contributed by atoms with Crippen LogP contribution in [0.5, 0.6) is 11.5 Å². The van der Waals surface area contributed by atoms with Crippen molar-refractivity contribution in [1.82, 2.24) is 9.97 Å². The van der Waals surface area contributed by atoms with Gasteiger partial charge in [0.25, 0.3) is 0 Å². The number of carbonyl (C=O) groups is 1. The largest absolute Gasteiger partial charge is 0.494 e. The molecule has 0 aliphatic rings. The van der Waals surface area contributed by atoms with E-state index in [-0.39, 0.29) is 41.3 Å². The maximum absolute atomic E-state index is 14.2. The maximum Gasteiger partial charge on any atom is 0.474 e. The molecule has 0 spiro atoms. The standard InChI is InChI=1S/C24H22ClF5N4O3S/c1-38(34-22(35)24(28,29)30)13-14-8-16(31)11-17(9-14)36-6-2-3-7-37-20-10-15(26)4-5-18(20)21-19(27)12-32-23(25)33-21/h4-5,8-12H,2-3,6-7,13,31H2,1H3. The highest BCUT2D eigenvalue weighted by molar-refractivity contribution is 7.86. The molecule has 1 atom stereocenters. The van der Waals surface area contributed by atoms with Crippen molar-refractivity contribution >= 4 is 33.9 Å². The number of aromatic nitrogens is 2. The summed E-state index contributed by atoms with van der Waals surface area (Å²) in [6.07, 6.45) is -1.66. The van der Waals surface area contributed by atoms with Gasteiger partial charge in [-0.15, -0.1) is 0 Å². The lowest BCUT2D eigenvalue weighted by Crippen LogP contribution is -2.21. The fraction of sp³-hybridized carbons (Fsp3) is 0.292. The molecule has 3 aromatic rings. The van der Waals surface area contributed by atoms with Crippen molar-refractivity contribution in [1.29, 1.82) is 0 Å². The summed E-state index contributed by atoms with van der Waals surface area (Å²) in [6.45, 7) is 0.420. The van der Waals surface area contributed by atoms with Crippen LogP contribution in [-0.4, -0.2) is 41.5 Å². The number of rotatable bonds is 10. The van der Waals surface area contributed by atoms with Gasteiger partial charge in [0.2, 0.25) is 5.28 Å². The number of amides is 1. The summed E-state index contributed by atoms with van der Waals surface area (Å²) in [5, 5.41) is -0.169. The maximum atomic E-state index is 14.2. The van der Waals surface area contributed by atoms with E-state index < -0.39 is 34.4 Å². The predicted octanol–water partition coefficient (Wildman–Crippen LogP) is 5.92. The van der Waals surface area contributed by atoms with Crippen LogP contribution in [0.2, 0.25) is 5.28 Å². The molecule has 2 aromatic carbocycles. The number of benzene rings is 2. The zero-order chi connectivity index (χ0) is 27.9. The molecule has 1 aromatic heterocycles. The molecule has 0 bridgehead atoms. The summed E-state index contributed by atoms with van der Waals surface area (Å²) in [5.41, 5.74) is 6.88. The Labute approximate surface area is 222 Å². The molecule has 0 saturated heterocycles. The third-order valence-corrected chi connectivity index (χ3v) is 6.23. The first-order valence-electron chi connectivity index (χ1n) is 11.0. The number of ether oxygens (including phenoxy) is 2. The van der Waals surface area contributed by atoms with Crippen molar-refractivity contribution in [3.05, 3.63) is 65.1 Å². The van der Waals surface area contributed by atoms with E-state index in [1.807, 2.05) is 0 Å². The fourth-order valence-electron chi connectivity index (χ4n) is 3.24. The van der Waals surface area contributed by atoms with Gasteiger partial charge in [-0.3, -0.25) is 4.79 Å². The lowest BCUT2D eigenvalue weighted by Gasteiger charge is -2.13. The smallest absolute Gasteiger partial charge is 0.474 e. The quantitative estimate of drug-likeness (QED) is 0.139. The number of unbranched alkanes of at least 4 members (excludes halogenated alkanes) is 1. The van der Waals surface area contributed by atoms with E-state index >= 15 is 0 Å². The normalized spacial score (nSPS) is 12.4. The molecule has 7 nitrogen and oxygen atoms in total. The van der Waals surface area contributed by atoms with Crippen LogP contribution in [0, 0.1) is 11.6 Å². The van der Waals surface area contributed by atoms with Crippen LogP contribution in [-0.2, 0) is 21.2 Å². The zero-order valence-electron chi connectivity index (χ0n) is 19.9.